The van der Waals surface area contributed by atoms with Crippen LogP contribution in [0.15, 0.2) is 53.4 Å². The number of aryl methyl sites for hydroxylation is 1. The van der Waals surface area contributed by atoms with Crippen molar-refractivity contribution < 1.29 is 18.1 Å². The van der Waals surface area contributed by atoms with Crippen molar-refractivity contribution in [1.82, 2.24) is 0 Å². The van der Waals surface area contributed by atoms with Crippen molar-refractivity contribution in [2.45, 2.75) is 68.3 Å². The number of hydrogen-bond acceptors (Lipinski definition) is 3. The van der Waals surface area contributed by atoms with E-state index < -0.39 is 15.7 Å². The molecule has 0 amide bonds. The number of hydrogen-bond donors (Lipinski definition) is 2. The summed E-state index contributed by atoms with van der Waals surface area (Å²) >= 11 is 0. The lowest BCUT2D eigenvalue weighted by molar-refractivity contribution is -0.0233. The van der Waals surface area contributed by atoms with Gasteiger partial charge in [0.1, 0.15) is 0 Å². The second-order valence-electron chi connectivity index (χ2n) is 7.53. The highest BCUT2D eigenvalue weighted by Crippen LogP contribution is 2.48. The molecule has 2 aromatic carbocycles. The number of rotatable bonds is 6. The Bertz CT molecular complexity index is 876. The summed E-state index contributed by atoms with van der Waals surface area (Å²) in [5.41, 5.74) is 1.55. The highest BCUT2D eigenvalue weighted by molar-refractivity contribution is 7.85. The normalized spacial score (nSPS) is 23.3. The van der Waals surface area contributed by atoms with Gasteiger partial charge in [-0.2, -0.15) is 8.42 Å². The summed E-state index contributed by atoms with van der Waals surface area (Å²) in [6.45, 7) is 2.11. The fraction of sp³-hybridized carbons (Fsp3) is 0.455. The Morgan fingerprint density at radius 2 is 1.85 bits per heavy atom. The van der Waals surface area contributed by atoms with E-state index in [1.807, 2.05) is 30.3 Å². The van der Waals surface area contributed by atoms with Gasteiger partial charge in [0.2, 0.25) is 0 Å². The third kappa shape index (κ3) is 4.26. The number of unbranched alkanes of at least 4 members (excludes halogenated alkanes) is 1. The van der Waals surface area contributed by atoms with Gasteiger partial charge < -0.3 is 5.11 Å². The summed E-state index contributed by atoms with van der Waals surface area (Å²) < 4.78 is 33.0. The van der Waals surface area contributed by atoms with E-state index in [0.29, 0.717) is 12.0 Å². The first-order valence-electron chi connectivity index (χ1n) is 9.74. The maximum atomic E-state index is 11.8. The topological polar surface area (TPSA) is 74.6 Å². The first kappa shape index (κ1) is 20.1. The van der Waals surface area contributed by atoms with Crippen LogP contribution in [0.5, 0.6) is 0 Å². The molecule has 1 saturated carbocycles. The third-order valence-electron chi connectivity index (χ3n) is 5.72. The molecule has 0 spiro atoms. The van der Waals surface area contributed by atoms with Crippen molar-refractivity contribution >= 4 is 10.1 Å². The Morgan fingerprint density at radius 1 is 1.11 bits per heavy atom. The van der Waals surface area contributed by atoms with Gasteiger partial charge in [0.25, 0.3) is 10.1 Å². The summed E-state index contributed by atoms with van der Waals surface area (Å²) in [7, 11) is -4.32. The second-order valence-corrected chi connectivity index (χ2v) is 8.95. The van der Waals surface area contributed by atoms with Gasteiger partial charge in [0.15, 0.2) is 0 Å². The van der Waals surface area contributed by atoms with Crippen molar-refractivity contribution in [2.24, 2.45) is 0 Å². The van der Waals surface area contributed by atoms with Crippen LogP contribution >= 0.6 is 0 Å². The molecule has 2 N–H and O–H groups in total. The van der Waals surface area contributed by atoms with Gasteiger partial charge in [0, 0.05) is 5.92 Å². The van der Waals surface area contributed by atoms with E-state index in [9.17, 15) is 18.1 Å². The highest BCUT2D eigenvalue weighted by atomic mass is 32.2. The molecule has 146 valence electrons. The van der Waals surface area contributed by atoms with E-state index >= 15 is 0 Å². The van der Waals surface area contributed by atoms with Gasteiger partial charge in [-0.1, -0.05) is 62.6 Å². The number of aliphatic hydroxyl groups is 1. The molecule has 2 atom stereocenters. The minimum atomic E-state index is -4.32. The summed E-state index contributed by atoms with van der Waals surface area (Å²) in [4.78, 5) is -0.149. The maximum Gasteiger partial charge on any atom is 0.294 e. The minimum Gasteiger partial charge on any atom is -0.385 e. The molecule has 4 nitrogen and oxygen atoms in total. The van der Waals surface area contributed by atoms with Crippen molar-refractivity contribution in [3.63, 3.8) is 0 Å². The first-order valence-corrected chi connectivity index (χ1v) is 11.2. The molecule has 0 saturated heterocycles. The molecule has 27 heavy (non-hydrogen) atoms. The largest absolute Gasteiger partial charge is 0.385 e. The van der Waals surface area contributed by atoms with Crippen LogP contribution in [-0.2, 0) is 22.1 Å². The van der Waals surface area contributed by atoms with Gasteiger partial charge in [-0.3, -0.25) is 4.55 Å². The zero-order valence-electron chi connectivity index (χ0n) is 15.8. The summed E-state index contributed by atoms with van der Waals surface area (Å²) in [6, 6.07) is 14.6. The van der Waals surface area contributed by atoms with Crippen LogP contribution in [0.4, 0.5) is 0 Å². The Balaban J connectivity index is 2.14. The smallest absolute Gasteiger partial charge is 0.294 e. The van der Waals surface area contributed by atoms with E-state index in [4.69, 9.17) is 0 Å². The van der Waals surface area contributed by atoms with Crippen molar-refractivity contribution in [2.75, 3.05) is 0 Å². The monoisotopic (exact) mass is 388 g/mol. The summed E-state index contributed by atoms with van der Waals surface area (Å²) in [5.74, 6) is -0.0931. The Labute approximate surface area is 162 Å². The van der Waals surface area contributed by atoms with E-state index in [-0.39, 0.29) is 10.8 Å². The standard InChI is InChI=1S/C22H28O4S/c1-2-3-9-18-13-14-19(27(24,25)26)16-21(18)22(23)15-8-7-12-20(22)17-10-5-4-6-11-17/h4-6,10-11,13-14,16,20,23H,2-3,7-9,12,15H2,1H3,(H,24,25,26). The first-order chi connectivity index (χ1) is 12.9. The van der Waals surface area contributed by atoms with Gasteiger partial charge in [-0.25, -0.2) is 0 Å². The molecule has 3 rings (SSSR count). The van der Waals surface area contributed by atoms with E-state index in [0.717, 1.165) is 49.7 Å². The van der Waals surface area contributed by atoms with Gasteiger partial charge in [0.05, 0.1) is 10.5 Å². The van der Waals surface area contributed by atoms with Crippen molar-refractivity contribution in [3.8, 4) is 0 Å². The molecule has 0 aliphatic heterocycles. The molecule has 1 aliphatic rings. The zero-order valence-corrected chi connectivity index (χ0v) is 16.6. The van der Waals surface area contributed by atoms with Crippen LogP contribution < -0.4 is 0 Å². The molecule has 2 unspecified atom stereocenters. The van der Waals surface area contributed by atoms with Crippen molar-refractivity contribution in [1.29, 1.82) is 0 Å². The lowest BCUT2D eigenvalue weighted by Crippen LogP contribution is -2.37. The highest BCUT2D eigenvalue weighted by Gasteiger charge is 2.42. The number of benzene rings is 2. The van der Waals surface area contributed by atoms with E-state index in [1.165, 1.54) is 12.1 Å². The quantitative estimate of drug-likeness (QED) is 0.696. The Hall–Kier alpha value is -1.69. The lowest BCUT2D eigenvalue weighted by Gasteiger charge is -2.42. The third-order valence-corrected chi connectivity index (χ3v) is 6.57. The molecule has 0 bridgehead atoms. The SMILES string of the molecule is CCCCc1ccc(S(=O)(=O)O)cc1C1(O)CCCCC1c1ccccc1. The van der Waals surface area contributed by atoms with Crippen LogP contribution in [0.2, 0.25) is 0 Å². The maximum absolute atomic E-state index is 11.8. The molecule has 0 heterocycles. The fourth-order valence-corrected chi connectivity index (χ4v) is 4.82. The van der Waals surface area contributed by atoms with Gasteiger partial charge >= 0.3 is 0 Å². The van der Waals surface area contributed by atoms with Crippen molar-refractivity contribution in [3.05, 3.63) is 65.2 Å². The van der Waals surface area contributed by atoms with E-state index in [1.54, 1.807) is 6.07 Å². The Kier molecular flexibility index (Phi) is 6.04. The molecule has 0 aromatic heterocycles. The molecule has 2 aromatic rings. The zero-order chi connectivity index (χ0) is 19.5. The Morgan fingerprint density at radius 3 is 2.52 bits per heavy atom. The minimum absolute atomic E-state index is 0.0931. The molecular weight excluding hydrogens is 360 g/mol. The van der Waals surface area contributed by atoms with Crippen LogP contribution in [0, 0.1) is 0 Å². The van der Waals surface area contributed by atoms with Crippen LogP contribution in [0.1, 0.15) is 68.1 Å². The fourth-order valence-electron chi connectivity index (χ4n) is 4.31. The lowest BCUT2D eigenvalue weighted by atomic mass is 9.67. The van der Waals surface area contributed by atoms with Gasteiger partial charge in [-0.15, -0.1) is 0 Å². The van der Waals surface area contributed by atoms with Crippen LogP contribution in [-0.4, -0.2) is 18.1 Å². The molecule has 5 heteroatoms. The summed E-state index contributed by atoms with van der Waals surface area (Å²) in [5, 5.41) is 11.8. The summed E-state index contributed by atoms with van der Waals surface area (Å²) in [6.07, 6.45) is 6.11. The van der Waals surface area contributed by atoms with Crippen LogP contribution in [0.25, 0.3) is 0 Å². The molecular formula is C22H28O4S. The molecule has 1 fully saturated rings. The van der Waals surface area contributed by atoms with Crippen LogP contribution in [0.3, 0.4) is 0 Å². The second kappa shape index (κ2) is 8.13. The predicted molar refractivity (Wildman–Crippen MR) is 106 cm³/mol. The average Bonchev–Trinajstić information content (AvgIpc) is 2.66. The average molecular weight is 389 g/mol. The molecule has 1 aliphatic carbocycles. The molecule has 0 radical (unpaired) electrons. The van der Waals surface area contributed by atoms with Gasteiger partial charge in [-0.05, 0) is 54.5 Å². The van der Waals surface area contributed by atoms with E-state index in [2.05, 4.69) is 6.92 Å². The predicted octanol–water partition coefficient (Wildman–Crippen LogP) is 4.82.